The van der Waals surface area contributed by atoms with Gasteiger partial charge in [0.25, 0.3) is 5.91 Å². The Bertz CT molecular complexity index is 1320. The zero-order valence-electron chi connectivity index (χ0n) is 30.0. The molecule has 49 heavy (non-hydrogen) atoms. The van der Waals surface area contributed by atoms with Crippen molar-refractivity contribution in [2.45, 2.75) is 134 Å². The number of carbonyl (C=O) groups is 4. The highest BCUT2D eigenvalue weighted by Gasteiger charge is 2.59. The molecule has 4 N–H and O–H groups in total. The van der Waals surface area contributed by atoms with Gasteiger partial charge >= 0.3 is 6.03 Å². The van der Waals surface area contributed by atoms with Gasteiger partial charge in [0, 0.05) is 36.4 Å². The molecule has 2 heterocycles. The topological polar surface area (TPSA) is 138 Å². The summed E-state index contributed by atoms with van der Waals surface area (Å²) >= 11 is 1.91. The number of hydrogen-bond acceptors (Lipinski definition) is 7. The monoisotopic (exact) mass is 697 g/mol. The number of oxime groups is 1. The van der Waals surface area contributed by atoms with Crippen molar-refractivity contribution in [2.24, 2.45) is 39.7 Å². The van der Waals surface area contributed by atoms with Crippen LogP contribution in [0.25, 0.3) is 0 Å². The molecule has 0 bridgehead atoms. The number of rotatable bonds is 15. The van der Waals surface area contributed by atoms with Crippen LogP contribution in [0, 0.1) is 34.5 Å². The predicted molar refractivity (Wildman–Crippen MR) is 193 cm³/mol. The van der Waals surface area contributed by atoms with Crippen molar-refractivity contribution < 1.29 is 24.0 Å². The Morgan fingerprint density at radius 3 is 2.53 bits per heavy atom. The van der Waals surface area contributed by atoms with Gasteiger partial charge in [-0.25, -0.2) is 4.79 Å². The molecule has 4 amide bonds. The fourth-order valence-electron chi connectivity index (χ4n) is 10.8. The van der Waals surface area contributed by atoms with Crippen LogP contribution in [-0.4, -0.2) is 72.1 Å². The molecule has 0 radical (unpaired) electrons. The van der Waals surface area contributed by atoms with Crippen LogP contribution in [0.4, 0.5) is 4.79 Å². The summed E-state index contributed by atoms with van der Waals surface area (Å²) in [5.74, 6) is 3.63. The Labute approximate surface area is 296 Å². The summed E-state index contributed by atoms with van der Waals surface area (Å²) in [6, 6.07) is 0.424. The quantitative estimate of drug-likeness (QED) is 0.0991. The van der Waals surface area contributed by atoms with E-state index in [1.165, 1.54) is 31.3 Å². The van der Waals surface area contributed by atoms with Crippen LogP contribution < -0.4 is 21.3 Å². The van der Waals surface area contributed by atoms with Crippen molar-refractivity contribution in [2.75, 3.05) is 25.4 Å². The number of allylic oxidation sites excluding steroid dienone is 2. The molecule has 4 aliphatic carbocycles. The van der Waals surface area contributed by atoms with Gasteiger partial charge in [-0.05, 0) is 125 Å². The minimum absolute atomic E-state index is 0.0538. The minimum Gasteiger partial charge on any atom is -0.385 e. The molecule has 0 aromatic carbocycles. The highest BCUT2D eigenvalue weighted by Crippen LogP contribution is 2.66. The maximum Gasteiger partial charge on any atom is 0.315 e. The van der Waals surface area contributed by atoms with E-state index in [1.54, 1.807) is 6.92 Å². The van der Waals surface area contributed by atoms with E-state index in [2.05, 4.69) is 46.3 Å². The fraction of sp³-hybridized carbons (Fsp3) is 0.816. The molecule has 6 rings (SSSR count). The molecule has 272 valence electrons. The van der Waals surface area contributed by atoms with Crippen LogP contribution in [0.2, 0.25) is 0 Å². The molecule has 10 nitrogen and oxygen atoms in total. The number of nitrogens with one attached hydrogen (secondary N) is 4. The Morgan fingerprint density at radius 1 is 0.939 bits per heavy atom. The molecule has 0 spiro atoms. The Kier molecular flexibility index (Phi) is 11.7. The standard InChI is InChI=1S/C38H59N5O5S/c1-24(44)28-13-14-29-27-12-11-25-21-26(15-17-37(25,2)30(27)16-18-38(28,29)3)43-48-22-34(46)40-20-8-4-7-19-39-33(45)10-6-5-9-32-35-31(23-49-32)41-36(47)42-35/h21,27-32,35H,4-20,22-23H2,1-3H3,(H,39,45)(H,40,46)(H2,41,42,47)/b43-26+. The molecule has 0 aromatic heterocycles. The summed E-state index contributed by atoms with van der Waals surface area (Å²) in [7, 11) is 0. The first kappa shape index (κ1) is 36.2. The summed E-state index contributed by atoms with van der Waals surface area (Å²) in [5, 5.41) is 16.7. The summed E-state index contributed by atoms with van der Waals surface area (Å²) < 4.78 is 0. The second kappa shape index (κ2) is 15.8. The number of carbonyl (C=O) groups excluding carboxylic acids is 4. The van der Waals surface area contributed by atoms with Crippen LogP contribution in [-0.2, 0) is 19.2 Å². The molecule has 2 saturated heterocycles. The molecule has 9 unspecified atom stereocenters. The van der Waals surface area contributed by atoms with Crippen molar-refractivity contribution in [3.63, 3.8) is 0 Å². The number of ketones is 1. The van der Waals surface area contributed by atoms with E-state index in [-0.39, 0.29) is 53.3 Å². The van der Waals surface area contributed by atoms with Crippen molar-refractivity contribution in [3.8, 4) is 0 Å². The molecule has 6 aliphatic rings. The minimum atomic E-state index is -0.157. The third-order valence-corrected chi connectivity index (χ3v) is 14.9. The van der Waals surface area contributed by atoms with Gasteiger partial charge in [0.1, 0.15) is 5.78 Å². The SMILES string of the molecule is CC(=O)C1CCC2C3CCC4=C/C(=N/OCC(=O)NCCCCCNC(=O)CCCCC5SCC6NC(=O)NC65)CCC4(C)C3CCC12C. The number of amides is 4. The van der Waals surface area contributed by atoms with Crippen molar-refractivity contribution >= 4 is 41.1 Å². The fourth-order valence-corrected chi connectivity index (χ4v) is 12.3. The lowest BCUT2D eigenvalue weighted by Crippen LogP contribution is -2.51. The van der Waals surface area contributed by atoms with Crippen molar-refractivity contribution in [1.29, 1.82) is 0 Å². The van der Waals surface area contributed by atoms with E-state index in [0.29, 0.717) is 42.4 Å². The number of unbranched alkanes of at least 4 members (excludes halogenated alkanes) is 3. The molecular formula is C38H59N5O5S. The zero-order chi connectivity index (χ0) is 34.6. The number of fused-ring (bicyclic) bond motifs is 6. The van der Waals surface area contributed by atoms with E-state index >= 15 is 0 Å². The highest BCUT2D eigenvalue weighted by atomic mass is 32.2. The number of hydrogen-bond donors (Lipinski definition) is 4. The Hall–Kier alpha value is -2.56. The molecule has 3 saturated carbocycles. The summed E-state index contributed by atoms with van der Waals surface area (Å²) in [6.45, 7) is 7.85. The van der Waals surface area contributed by atoms with Crippen LogP contribution >= 0.6 is 11.8 Å². The van der Waals surface area contributed by atoms with Crippen LogP contribution in [0.3, 0.4) is 0 Å². The largest absolute Gasteiger partial charge is 0.385 e. The maximum atomic E-state index is 12.4. The zero-order valence-corrected chi connectivity index (χ0v) is 30.8. The second-order valence-electron chi connectivity index (χ2n) is 16.3. The van der Waals surface area contributed by atoms with Gasteiger partial charge < -0.3 is 26.1 Å². The molecule has 5 fully saturated rings. The van der Waals surface area contributed by atoms with Crippen LogP contribution in [0.1, 0.15) is 117 Å². The lowest BCUT2D eigenvalue weighted by atomic mass is 9.46. The van der Waals surface area contributed by atoms with E-state index in [4.69, 9.17) is 4.84 Å². The smallest absolute Gasteiger partial charge is 0.315 e. The van der Waals surface area contributed by atoms with E-state index in [9.17, 15) is 19.2 Å². The third kappa shape index (κ3) is 8.01. The maximum absolute atomic E-state index is 12.4. The Balaban J connectivity index is 0.810. The number of urea groups is 1. The van der Waals surface area contributed by atoms with Gasteiger partial charge in [0.2, 0.25) is 5.91 Å². The number of thioether (sulfide) groups is 1. The van der Waals surface area contributed by atoms with Crippen molar-refractivity contribution in [1.82, 2.24) is 21.3 Å². The first-order valence-corrected chi connectivity index (χ1v) is 20.3. The lowest BCUT2D eigenvalue weighted by molar-refractivity contribution is -0.128. The van der Waals surface area contributed by atoms with Gasteiger partial charge in [-0.3, -0.25) is 14.4 Å². The first-order valence-electron chi connectivity index (χ1n) is 19.2. The van der Waals surface area contributed by atoms with Crippen LogP contribution in [0.15, 0.2) is 16.8 Å². The first-order chi connectivity index (χ1) is 23.6. The van der Waals surface area contributed by atoms with Gasteiger partial charge in [0.15, 0.2) is 6.61 Å². The molecule has 2 aliphatic heterocycles. The predicted octanol–water partition coefficient (Wildman–Crippen LogP) is 5.66. The molecule has 0 aromatic rings. The lowest BCUT2D eigenvalue weighted by Gasteiger charge is -2.58. The summed E-state index contributed by atoms with van der Waals surface area (Å²) in [5.41, 5.74) is 2.84. The number of Topliss-reactive ketones (excluding diaryl/α,β-unsaturated/α-hetero) is 1. The summed E-state index contributed by atoms with van der Waals surface area (Å²) in [6.07, 6.45) is 17.3. The second-order valence-corrected chi connectivity index (χ2v) is 17.5. The van der Waals surface area contributed by atoms with Gasteiger partial charge in [-0.2, -0.15) is 11.8 Å². The highest BCUT2D eigenvalue weighted by molar-refractivity contribution is 8.00. The van der Waals surface area contributed by atoms with E-state index < -0.39 is 0 Å². The van der Waals surface area contributed by atoms with Gasteiger partial charge in [-0.1, -0.05) is 31.0 Å². The average Bonchev–Trinajstić information content (AvgIpc) is 3.74. The van der Waals surface area contributed by atoms with Gasteiger partial charge in [0.05, 0.1) is 17.8 Å². The van der Waals surface area contributed by atoms with E-state index in [1.807, 2.05) is 11.8 Å². The number of nitrogens with zero attached hydrogens (tertiary/aromatic N) is 1. The average molecular weight is 698 g/mol. The Morgan fingerprint density at radius 2 is 1.73 bits per heavy atom. The van der Waals surface area contributed by atoms with Crippen molar-refractivity contribution in [3.05, 3.63) is 11.6 Å². The normalized spacial score (nSPS) is 36.8. The van der Waals surface area contributed by atoms with Gasteiger partial charge in [-0.15, -0.1) is 0 Å². The molecule has 9 atom stereocenters. The summed E-state index contributed by atoms with van der Waals surface area (Å²) in [4.78, 5) is 54.0. The molecular weight excluding hydrogens is 639 g/mol. The third-order valence-electron chi connectivity index (χ3n) is 13.4. The van der Waals surface area contributed by atoms with Crippen LogP contribution in [0.5, 0.6) is 0 Å². The van der Waals surface area contributed by atoms with E-state index in [0.717, 1.165) is 81.6 Å². The molecule has 11 heteroatoms.